The number of hydrogen-bond acceptors (Lipinski definition) is 1. The third kappa shape index (κ3) is 5.60. The fourth-order valence-electron chi connectivity index (χ4n) is 2.40. The standard InChI is InChI=1S/C19H24N2O/c1-16-8-5-6-12-18(16)13-15-21-19(22)20-14-7-11-17-9-3-2-4-10-17/h2-6,8-10,12H,7,11,13-15H2,1H3,(H2,20,21,22). The van der Waals surface area contributed by atoms with Gasteiger partial charge in [-0.1, -0.05) is 54.6 Å². The third-order valence-corrected chi connectivity index (χ3v) is 3.71. The van der Waals surface area contributed by atoms with E-state index in [2.05, 4.69) is 41.8 Å². The van der Waals surface area contributed by atoms with Crippen molar-refractivity contribution in [1.82, 2.24) is 10.6 Å². The van der Waals surface area contributed by atoms with Crippen molar-refractivity contribution in [2.75, 3.05) is 13.1 Å². The van der Waals surface area contributed by atoms with Gasteiger partial charge in [0.2, 0.25) is 0 Å². The lowest BCUT2D eigenvalue weighted by Crippen LogP contribution is -2.37. The van der Waals surface area contributed by atoms with Gasteiger partial charge in [-0.3, -0.25) is 0 Å². The molecule has 0 atom stereocenters. The molecular weight excluding hydrogens is 272 g/mol. The van der Waals surface area contributed by atoms with Crippen LogP contribution in [0.4, 0.5) is 4.79 Å². The molecule has 0 saturated heterocycles. The van der Waals surface area contributed by atoms with Crippen molar-refractivity contribution < 1.29 is 4.79 Å². The number of rotatable bonds is 7. The quantitative estimate of drug-likeness (QED) is 0.755. The van der Waals surface area contributed by atoms with Crippen molar-refractivity contribution in [2.45, 2.75) is 26.2 Å². The summed E-state index contributed by atoms with van der Waals surface area (Å²) in [4.78, 5) is 11.7. The number of hydrogen-bond donors (Lipinski definition) is 2. The van der Waals surface area contributed by atoms with Gasteiger partial charge in [0.15, 0.2) is 0 Å². The lowest BCUT2D eigenvalue weighted by atomic mass is 10.1. The van der Waals surface area contributed by atoms with E-state index < -0.39 is 0 Å². The van der Waals surface area contributed by atoms with E-state index in [1.54, 1.807) is 0 Å². The van der Waals surface area contributed by atoms with E-state index in [-0.39, 0.29) is 6.03 Å². The zero-order valence-electron chi connectivity index (χ0n) is 13.1. The number of benzene rings is 2. The van der Waals surface area contributed by atoms with E-state index in [9.17, 15) is 4.79 Å². The first-order valence-electron chi connectivity index (χ1n) is 7.86. The molecule has 116 valence electrons. The van der Waals surface area contributed by atoms with Gasteiger partial charge < -0.3 is 10.6 Å². The van der Waals surface area contributed by atoms with Crippen LogP contribution in [0.5, 0.6) is 0 Å². The predicted octanol–water partition coefficient (Wildman–Crippen LogP) is 3.47. The molecule has 0 saturated carbocycles. The number of carbonyl (C=O) groups excluding carboxylic acids is 1. The Labute approximate surface area is 132 Å². The van der Waals surface area contributed by atoms with E-state index in [0.29, 0.717) is 13.1 Å². The fourth-order valence-corrected chi connectivity index (χ4v) is 2.40. The topological polar surface area (TPSA) is 41.1 Å². The Bertz CT molecular complexity index is 581. The SMILES string of the molecule is Cc1ccccc1CCNC(=O)NCCCc1ccccc1. The molecule has 0 spiro atoms. The van der Waals surface area contributed by atoms with Crippen LogP contribution in [0.2, 0.25) is 0 Å². The van der Waals surface area contributed by atoms with Gasteiger partial charge in [-0.2, -0.15) is 0 Å². The predicted molar refractivity (Wildman–Crippen MR) is 91.0 cm³/mol. The lowest BCUT2D eigenvalue weighted by molar-refractivity contribution is 0.241. The minimum atomic E-state index is -0.0818. The number of nitrogens with one attached hydrogen (secondary N) is 2. The second-order valence-electron chi connectivity index (χ2n) is 5.45. The monoisotopic (exact) mass is 296 g/mol. The molecule has 0 aliphatic rings. The van der Waals surface area contributed by atoms with Crippen molar-refractivity contribution >= 4 is 6.03 Å². The Kier molecular flexibility index (Phi) is 6.49. The van der Waals surface area contributed by atoms with E-state index >= 15 is 0 Å². The molecule has 0 unspecified atom stereocenters. The molecule has 2 aromatic carbocycles. The first-order valence-corrected chi connectivity index (χ1v) is 7.86. The summed E-state index contributed by atoms with van der Waals surface area (Å²) in [5.41, 5.74) is 3.86. The van der Waals surface area contributed by atoms with Crippen LogP contribution in [0.25, 0.3) is 0 Å². The van der Waals surface area contributed by atoms with E-state index in [1.165, 1.54) is 16.7 Å². The van der Waals surface area contributed by atoms with Gasteiger partial charge in [-0.15, -0.1) is 0 Å². The highest BCUT2D eigenvalue weighted by Crippen LogP contribution is 2.06. The molecule has 0 aliphatic heterocycles. The Morgan fingerprint density at radius 3 is 2.32 bits per heavy atom. The lowest BCUT2D eigenvalue weighted by Gasteiger charge is -2.09. The van der Waals surface area contributed by atoms with Crippen LogP contribution in [0.3, 0.4) is 0 Å². The second-order valence-corrected chi connectivity index (χ2v) is 5.45. The summed E-state index contributed by atoms with van der Waals surface area (Å²) in [6, 6.07) is 18.5. The van der Waals surface area contributed by atoms with Crippen LogP contribution in [-0.2, 0) is 12.8 Å². The average Bonchev–Trinajstić information content (AvgIpc) is 2.54. The molecule has 3 heteroatoms. The van der Waals surface area contributed by atoms with Crippen molar-refractivity contribution in [3.05, 3.63) is 71.3 Å². The van der Waals surface area contributed by atoms with Crippen LogP contribution in [-0.4, -0.2) is 19.1 Å². The van der Waals surface area contributed by atoms with E-state index in [4.69, 9.17) is 0 Å². The smallest absolute Gasteiger partial charge is 0.314 e. The van der Waals surface area contributed by atoms with Gasteiger partial charge in [-0.05, 0) is 42.9 Å². The largest absolute Gasteiger partial charge is 0.338 e. The van der Waals surface area contributed by atoms with Crippen molar-refractivity contribution in [3.63, 3.8) is 0 Å². The van der Waals surface area contributed by atoms with Crippen molar-refractivity contribution in [3.8, 4) is 0 Å². The summed E-state index contributed by atoms with van der Waals surface area (Å²) in [6.45, 7) is 3.46. The molecule has 2 N–H and O–H groups in total. The molecule has 0 radical (unpaired) electrons. The molecule has 2 rings (SSSR count). The molecule has 22 heavy (non-hydrogen) atoms. The van der Waals surface area contributed by atoms with Crippen molar-refractivity contribution in [2.24, 2.45) is 0 Å². The van der Waals surface area contributed by atoms with Gasteiger partial charge in [0.1, 0.15) is 0 Å². The van der Waals surface area contributed by atoms with Gasteiger partial charge in [0, 0.05) is 13.1 Å². The molecule has 0 aliphatic carbocycles. The van der Waals surface area contributed by atoms with Crippen LogP contribution < -0.4 is 10.6 Å². The number of urea groups is 1. The zero-order chi connectivity index (χ0) is 15.6. The number of amides is 2. The minimum Gasteiger partial charge on any atom is -0.338 e. The summed E-state index contributed by atoms with van der Waals surface area (Å²) in [7, 11) is 0. The van der Waals surface area contributed by atoms with Gasteiger partial charge in [0.05, 0.1) is 0 Å². The maximum Gasteiger partial charge on any atom is 0.314 e. The van der Waals surface area contributed by atoms with E-state index in [0.717, 1.165) is 19.3 Å². The molecular formula is C19H24N2O. The number of carbonyl (C=O) groups is 1. The number of aryl methyl sites for hydroxylation is 2. The maximum atomic E-state index is 11.7. The fraction of sp³-hybridized carbons (Fsp3) is 0.316. The molecule has 0 fully saturated rings. The normalized spacial score (nSPS) is 10.2. The molecule has 0 aromatic heterocycles. The Morgan fingerprint density at radius 1 is 0.864 bits per heavy atom. The Morgan fingerprint density at radius 2 is 1.55 bits per heavy atom. The highest BCUT2D eigenvalue weighted by atomic mass is 16.2. The van der Waals surface area contributed by atoms with Crippen LogP contribution in [0.15, 0.2) is 54.6 Å². The molecule has 3 nitrogen and oxygen atoms in total. The third-order valence-electron chi connectivity index (χ3n) is 3.71. The van der Waals surface area contributed by atoms with E-state index in [1.807, 2.05) is 30.3 Å². The molecule has 0 heterocycles. The first-order chi connectivity index (χ1) is 10.8. The summed E-state index contributed by atoms with van der Waals surface area (Å²) in [5, 5.41) is 5.81. The highest BCUT2D eigenvalue weighted by molar-refractivity contribution is 5.73. The van der Waals surface area contributed by atoms with Crippen LogP contribution in [0.1, 0.15) is 23.1 Å². The van der Waals surface area contributed by atoms with Crippen LogP contribution in [0, 0.1) is 6.92 Å². The van der Waals surface area contributed by atoms with Crippen LogP contribution >= 0.6 is 0 Å². The average molecular weight is 296 g/mol. The second kappa shape index (κ2) is 8.88. The maximum absolute atomic E-state index is 11.7. The summed E-state index contributed by atoms with van der Waals surface area (Å²) >= 11 is 0. The first kappa shape index (κ1) is 16.1. The summed E-state index contributed by atoms with van der Waals surface area (Å²) in [5.74, 6) is 0. The summed E-state index contributed by atoms with van der Waals surface area (Å²) in [6.07, 6.45) is 2.81. The molecule has 2 amide bonds. The van der Waals surface area contributed by atoms with Gasteiger partial charge in [-0.25, -0.2) is 4.79 Å². The Balaban J connectivity index is 1.57. The minimum absolute atomic E-state index is 0.0818. The van der Waals surface area contributed by atoms with Gasteiger partial charge in [0.25, 0.3) is 0 Å². The molecule has 0 bridgehead atoms. The molecule has 2 aromatic rings. The van der Waals surface area contributed by atoms with Crippen molar-refractivity contribution in [1.29, 1.82) is 0 Å². The highest BCUT2D eigenvalue weighted by Gasteiger charge is 2.01. The Hall–Kier alpha value is -2.29. The van der Waals surface area contributed by atoms with Gasteiger partial charge >= 0.3 is 6.03 Å². The zero-order valence-corrected chi connectivity index (χ0v) is 13.1. The summed E-state index contributed by atoms with van der Waals surface area (Å²) < 4.78 is 0.